The van der Waals surface area contributed by atoms with Gasteiger partial charge in [-0.15, -0.1) is 0 Å². The van der Waals surface area contributed by atoms with E-state index in [1.807, 2.05) is 30.3 Å². The van der Waals surface area contributed by atoms with E-state index in [2.05, 4.69) is 24.1 Å². The second-order valence-electron chi connectivity index (χ2n) is 6.15. The van der Waals surface area contributed by atoms with Gasteiger partial charge in [0.15, 0.2) is 5.57 Å². The van der Waals surface area contributed by atoms with Gasteiger partial charge in [0.1, 0.15) is 11.2 Å². The van der Waals surface area contributed by atoms with E-state index in [0.717, 1.165) is 5.56 Å². The van der Waals surface area contributed by atoms with Crippen LogP contribution in [0.4, 0.5) is 0 Å². The summed E-state index contributed by atoms with van der Waals surface area (Å²) in [6.07, 6.45) is 1.51. The first kappa shape index (κ1) is 19.5. The molecule has 0 radical (unpaired) electrons. The van der Waals surface area contributed by atoms with E-state index in [4.69, 9.17) is 11.6 Å². The van der Waals surface area contributed by atoms with E-state index in [9.17, 15) is 15.2 Å². The Labute approximate surface area is 158 Å². The Hall–Kier alpha value is -2.84. The number of aromatic nitrogens is 1. The first-order chi connectivity index (χ1) is 12.5. The van der Waals surface area contributed by atoms with Crippen LogP contribution in [-0.4, -0.2) is 22.6 Å². The number of halogens is 1. The van der Waals surface area contributed by atoms with Gasteiger partial charge in [0, 0.05) is 24.2 Å². The van der Waals surface area contributed by atoms with Gasteiger partial charge in [-0.2, -0.15) is 5.26 Å². The Morgan fingerprint density at radius 2 is 1.96 bits per heavy atom. The van der Waals surface area contributed by atoms with Crippen molar-refractivity contribution in [2.24, 2.45) is 5.92 Å². The SMILES string of the molecule is CC(C)C(CNC(=C(C#N)C(=O)O)c1cccnc1Cl)c1ccccc1. The fourth-order valence-corrected chi connectivity index (χ4v) is 2.97. The largest absolute Gasteiger partial charge is 0.477 e. The zero-order valence-corrected chi connectivity index (χ0v) is 15.4. The number of nitrogens with one attached hydrogen (secondary N) is 1. The molecule has 0 amide bonds. The van der Waals surface area contributed by atoms with Crippen molar-refractivity contribution in [3.8, 4) is 6.07 Å². The number of nitrogens with zero attached hydrogens (tertiary/aromatic N) is 2. The van der Waals surface area contributed by atoms with E-state index >= 15 is 0 Å². The van der Waals surface area contributed by atoms with Gasteiger partial charge in [0.25, 0.3) is 0 Å². The molecule has 0 aliphatic rings. The average Bonchev–Trinajstić information content (AvgIpc) is 2.62. The molecule has 2 N–H and O–H groups in total. The maximum absolute atomic E-state index is 11.5. The molecule has 0 aliphatic heterocycles. The Morgan fingerprint density at radius 1 is 1.27 bits per heavy atom. The van der Waals surface area contributed by atoms with Crippen LogP contribution >= 0.6 is 11.6 Å². The molecule has 26 heavy (non-hydrogen) atoms. The quantitative estimate of drug-likeness (QED) is 0.436. The molecule has 1 atom stereocenters. The van der Waals surface area contributed by atoms with Crippen molar-refractivity contribution in [3.05, 3.63) is 70.5 Å². The molecule has 6 heteroatoms. The third kappa shape index (κ3) is 4.62. The molecule has 1 heterocycles. The number of nitriles is 1. The zero-order valence-electron chi connectivity index (χ0n) is 14.6. The summed E-state index contributed by atoms with van der Waals surface area (Å²) in [4.78, 5) is 15.5. The smallest absolute Gasteiger partial charge is 0.348 e. The Bertz CT molecular complexity index is 842. The predicted octanol–water partition coefficient (Wildman–Crippen LogP) is 4.08. The summed E-state index contributed by atoms with van der Waals surface area (Å²) < 4.78 is 0. The highest BCUT2D eigenvalue weighted by Gasteiger charge is 2.21. The number of pyridine rings is 1. The zero-order chi connectivity index (χ0) is 19.1. The Balaban J connectivity index is 2.41. The highest BCUT2D eigenvalue weighted by atomic mass is 35.5. The van der Waals surface area contributed by atoms with Crippen LogP contribution in [0.3, 0.4) is 0 Å². The van der Waals surface area contributed by atoms with Crippen LogP contribution in [0.1, 0.15) is 30.9 Å². The molecule has 1 aromatic carbocycles. The van der Waals surface area contributed by atoms with Crippen molar-refractivity contribution < 1.29 is 9.90 Å². The van der Waals surface area contributed by atoms with Crippen LogP contribution in [0.15, 0.2) is 54.2 Å². The van der Waals surface area contributed by atoms with Gasteiger partial charge < -0.3 is 10.4 Å². The topological polar surface area (TPSA) is 86.0 Å². The van der Waals surface area contributed by atoms with Crippen molar-refractivity contribution in [2.75, 3.05) is 6.54 Å². The van der Waals surface area contributed by atoms with Crippen LogP contribution in [0.5, 0.6) is 0 Å². The molecule has 2 aromatic rings. The summed E-state index contributed by atoms with van der Waals surface area (Å²) in [6.45, 7) is 4.66. The number of carboxylic acids is 1. The molecule has 1 aromatic heterocycles. The van der Waals surface area contributed by atoms with Crippen LogP contribution in [0.2, 0.25) is 5.15 Å². The lowest BCUT2D eigenvalue weighted by atomic mass is 9.88. The minimum atomic E-state index is -1.31. The van der Waals surface area contributed by atoms with E-state index in [0.29, 0.717) is 18.0 Å². The van der Waals surface area contributed by atoms with E-state index in [1.165, 1.54) is 6.20 Å². The van der Waals surface area contributed by atoms with Crippen LogP contribution in [-0.2, 0) is 4.79 Å². The van der Waals surface area contributed by atoms with Gasteiger partial charge in [-0.3, -0.25) is 0 Å². The predicted molar refractivity (Wildman–Crippen MR) is 101 cm³/mol. The van der Waals surface area contributed by atoms with Crippen molar-refractivity contribution in [2.45, 2.75) is 19.8 Å². The first-order valence-electron chi connectivity index (χ1n) is 8.23. The number of hydrogen-bond donors (Lipinski definition) is 2. The summed E-state index contributed by atoms with van der Waals surface area (Å²) in [5, 5.41) is 22.0. The minimum absolute atomic E-state index is 0.135. The van der Waals surface area contributed by atoms with E-state index in [1.54, 1.807) is 18.2 Å². The highest BCUT2D eigenvalue weighted by Crippen LogP contribution is 2.27. The normalized spacial score (nSPS) is 12.9. The summed E-state index contributed by atoms with van der Waals surface area (Å²) in [5.74, 6) is -0.864. The Kier molecular flexibility index (Phi) is 6.76. The molecule has 0 saturated heterocycles. The number of aliphatic carboxylic acids is 1. The summed E-state index contributed by atoms with van der Waals surface area (Å²) in [5.41, 5.74) is 1.32. The summed E-state index contributed by atoms with van der Waals surface area (Å²) in [7, 11) is 0. The van der Waals surface area contributed by atoms with Gasteiger partial charge in [-0.05, 0) is 23.6 Å². The van der Waals surface area contributed by atoms with Crippen molar-refractivity contribution in [1.82, 2.24) is 10.3 Å². The van der Waals surface area contributed by atoms with Crippen LogP contribution in [0.25, 0.3) is 5.70 Å². The summed E-state index contributed by atoms with van der Waals surface area (Å²) in [6, 6.07) is 15.0. The fraction of sp³-hybridized carbons (Fsp3) is 0.250. The molecule has 134 valence electrons. The third-order valence-corrected chi connectivity index (χ3v) is 4.44. The molecule has 1 unspecified atom stereocenters. The molecule has 0 spiro atoms. The monoisotopic (exact) mass is 369 g/mol. The number of carboxylic acid groups (broad SMARTS) is 1. The van der Waals surface area contributed by atoms with Crippen molar-refractivity contribution >= 4 is 23.3 Å². The van der Waals surface area contributed by atoms with Crippen molar-refractivity contribution in [1.29, 1.82) is 5.26 Å². The van der Waals surface area contributed by atoms with Crippen LogP contribution in [0, 0.1) is 17.2 Å². The second kappa shape index (κ2) is 9.02. The van der Waals surface area contributed by atoms with E-state index < -0.39 is 11.5 Å². The van der Waals surface area contributed by atoms with Gasteiger partial charge in [0.2, 0.25) is 0 Å². The maximum atomic E-state index is 11.5. The van der Waals surface area contributed by atoms with Gasteiger partial charge in [0.05, 0.1) is 5.70 Å². The lowest BCUT2D eigenvalue weighted by Crippen LogP contribution is -2.26. The molecule has 0 aliphatic carbocycles. The van der Waals surface area contributed by atoms with Crippen LogP contribution < -0.4 is 5.32 Å². The van der Waals surface area contributed by atoms with E-state index in [-0.39, 0.29) is 16.8 Å². The number of benzene rings is 1. The number of carbonyl (C=O) groups is 1. The molecule has 0 bridgehead atoms. The molecule has 2 rings (SSSR count). The molecular formula is C20H20ClN3O2. The molecule has 0 saturated carbocycles. The fourth-order valence-electron chi connectivity index (χ4n) is 2.75. The first-order valence-corrected chi connectivity index (χ1v) is 8.60. The average molecular weight is 370 g/mol. The Morgan fingerprint density at radius 3 is 2.50 bits per heavy atom. The van der Waals surface area contributed by atoms with Crippen molar-refractivity contribution in [3.63, 3.8) is 0 Å². The minimum Gasteiger partial charge on any atom is -0.477 e. The number of rotatable bonds is 7. The van der Waals surface area contributed by atoms with Gasteiger partial charge >= 0.3 is 5.97 Å². The lowest BCUT2D eigenvalue weighted by molar-refractivity contribution is -0.132. The highest BCUT2D eigenvalue weighted by molar-refractivity contribution is 6.31. The van der Waals surface area contributed by atoms with Gasteiger partial charge in [-0.25, -0.2) is 9.78 Å². The molecular weight excluding hydrogens is 350 g/mol. The second-order valence-corrected chi connectivity index (χ2v) is 6.51. The van der Waals surface area contributed by atoms with Gasteiger partial charge in [-0.1, -0.05) is 55.8 Å². The summed E-state index contributed by atoms with van der Waals surface area (Å²) >= 11 is 6.13. The standard InChI is InChI=1S/C20H20ClN3O2/c1-13(2)17(14-7-4-3-5-8-14)12-24-18(16(11-22)20(25)26)15-9-6-10-23-19(15)21/h3-10,13,17,24H,12H2,1-2H3,(H,25,26). The molecule has 5 nitrogen and oxygen atoms in total. The third-order valence-electron chi connectivity index (χ3n) is 4.14. The lowest BCUT2D eigenvalue weighted by Gasteiger charge is -2.24. The molecule has 0 fully saturated rings. The maximum Gasteiger partial charge on any atom is 0.348 e. The number of hydrogen-bond acceptors (Lipinski definition) is 4.